The summed E-state index contributed by atoms with van der Waals surface area (Å²) in [5, 5.41) is 7.14. The van der Waals surface area contributed by atoms with Crippen LogP contribution in [0.25, 0.3) is 0 Å². The Labute approximate surface area is 154 Å². The van der Waals surface area contributed by atoms with E-state index in [9.17, 15) is 4.79 Å². The number of amides is 1. The van der Waals surface area contributed by atoms with Gasteiger partial charge in [0.2, 0.25) is 0 Å². The highest BCUT2D eigenvalue weighted by atomic mass is 35.5. The maximum atomic E-state index is 12.4. The molecular formula is C16H17ClN4OS2. The number of halogens is 1. The minimum Gasteiger partial charge on any atom is -0.315 e. The van der Waals surface area contributed by atoms with Gasteiger partial charge in [-0.25, -0.2) is 4.37 Å². The van der Waals surface area contributed by atoms with Crippen LogP contribution in [-0.4, -0.2) is 35.1 Å². The lowest BCUT2D eigenvalue weighted by Gasteiger charge is -2.35. The van der Waals surface area contributed by atoms with E-state index in [0.29, 0.717) is 16.6 Å². The molecule has 2 aliphatic rings. The Hall–Kier alpha value is -1.41. The van der Waals surface area contributed by atoms with E-state index >= 15 is 0 Å². The van der Waals surface area contributed by atoms with Gasteiger partial charge in [-0.3, -0.25) is 9.79 Å². The summed E-state index contributed by atoms with van der Waals surface area (Å²) in [5.74, 6) is 0.325. The molecule has 0 unspecified atom stereocenters. The number of aromatic nitrogens is 1. The lowest BCUT2D eigenvalue weighted by atomic mass is 9.93. The van der Waals surface area contributed by atoms with Crippen molar-refractivity contribution >= 4 is 46.8 Å². The van der Waals surface area contributed by atoms with Crippen LogP contribution < -0.4 is 10.6 Å². The SMILES string of the molecule is Cl.O=C(NC1=NC[C@H]2CNC[C@]2(c2ccns2)S1)c1ccccc1. The van der Waals surface area contributed by atoms with E-state index < -0.39 is 0 Å². The normalized spacial score (nSPS) is 25.3. The Morgan fingerprint density at radius 3 is 2.88 bits per heavy atom. The molecule has 8 heteroatoms. The summed E-state index contributed by atoms with van der Waals surface area (Å²) < 4.78 is 4.19. The lowest BCUT2D eigenvalue weighted by molar-refractivity contribution is 0.0977. The Balaban J connectivity index is 0.00000169. The molecule has 1 amide bonds. The Kier molecular flexibility index (Phi) is 5.24. The first-order chi connectivity index (χ1) is 11.3. The van der Waals surface area contributed by atoms with E-state index in [2.05, 4.69) is 26.1 Å². The number of hydrogen-bond acceptors (Lipinski definition) is 6. The third-order valence-corrected chi connectivity index (χ3v) is 6.82. The first-order valence-corrected chi connectivity index (χ1v) is 9.09. The zero-order chi connectivity index (χ0) is 15.7. The monoisotopic (exact) mass is 380 g/mol. The van der Waals surface area contributed by atoms with Gasteiger partial charge < -0.3 is 10.6 Å². The molecule has 2 N–H and O–H groups in total. The summed E-state index contributed by atoms with van der Waals surface area (Å²) in [4.78, 5) is 18.2. The fourth-order valence-corrected chi connectivity index (χ4v) is 5.35. The summed E-state index contributed by atoms with van der Waals surface area (Å²) >= 11 is 3.19. The minimum atomic E-state index is -0.110. The quantitative estimate of drug-likeness (QED) is 0.840. The molecular weight excluding hydrogens is 364 g/mol. The van der Waals surface area contributed by atoms with Crippen molar-refractivity contribution in [3.8, 4) is 0 Å². The maximum Gasteiger partial charge on any atom is 0.257 e. The fraction of sp³-hybridized carbons (Fsp3) is 0.312. The highest BCUT2D eigenvalue weighted by molar-refractivity contribution is 8.14. The van der Waals surface area contributed by atoms with Crippen LogP contribution in [0.2, 0.25) is 0 Å². The number of nitrogens with one attached hydrogen (secondary N) is 2. The molecule has 4 rings (SSSR count). The number of carbonyl (C=O) groups is 1. The largest absolute Gasteiger partial charge is 0.315 e. The van der Waals surface area contributed by atoms with Gasteiger partial charge in [-0.05, 0) is 29.7 Å². The van der Waals surface area contributed by atoms with Crippen molar-refractivity contribution in [2.24, 2.45) is 10.9 Å². The van der Waals surface area contributed by atoms with E-state index in [-0.39, 0.29) is 23.1 Å². The van der Waals surface area contributed by atoms with Crippen molar-refractivity contribution in [2.75, 3.05) is 19.6 Å². The molecule has 0 spiro atoms. The van der Waals surface area contributed by atoms with Crippen LogP contribution in [0.1, 0.15) is 15.2 Å². The van der Waals surface area contributed by atoms with Crippen molar-refractivity contribution in [3.05, 3.63) is 53.0 Å². The molecule has 2 atom stereocenters. The third kappa shape index (κ3) is 3.09. The second-order valence-electron chi connectivity index (χ2n) is 5.66. The van der Waals surface area contributed by atoms with E-state index in [1.165, 1.54) is 16.4 Å². The van der Waals surface area contributed by atoms with Crippen LogP contribution in [0.4, 0.5) is 0 Å². The smallest absolute Gasteiger partial charge is 0.257 e. The van der Waals surface area contributed by atoms with Gasteiger partial charge in [-0.1, -0.05) is 30.0 Å². The average Bonchev–Trinajstić information content (AvgIpc) is 3.25. The number of rotatable bonds is 2. The van der Waals surface area contributed by atoms with Crippen LogP contribution in [0.15, 0.2) is 47.6 Å². The molecule has 2 aromatic rings. The number of fused-ring (bicyclic) bond motifs is 1. The van der Waals surface area contributed by atoms with Gasteiger partial charge in [0.05, 0.1) is 4.75 Å². The molecule has 1 aromatic carbocycles. The summed E-state index contributed by atoms with van der Waals surface area (Å²) in [6, 6.07) is 11.3. The second kappa shape index (κ2) is 7.23. The fourth-order valence-electron chi connectivity index (χ4n) is 3.07. The topological polar surface area (TPSA) is 66.4 Å². The van der Waals surface area contributed by atoms with Gasteiger partial charge in [0.25, 0.3) is 5.91 Å². The first-order valence-electron chi connectivity index (χ1n) is 7.50. The summed E-state index contributed by atoms with van der Waals surface area (Å²) in [6.45, 7) is 2.56. The molecule has 0 radical (unpaired) electrons. The van der Waals surface area contributed by atoms with E-state index in [0.717, 1.165) is 19.6 Å². The van der Waals surface area contributed by atoms with Gasteiger partial charge in [0.1, 0.15) is 0 Å². The van der Waals surface area contributed by atoms with Crippen molar-refractivity contribution in [1.29, 1.82) is 0 Å². The number of amidine groups is 1. The number of thioether (sulfide) groups is 1. The van der Waals surface area contributed by atoms with E-state index in [1.807, 2.05) is 36.5 Å². The predicted molar refractivity (Wildman–Crippen MR) is 101 cm³/mol. The summed E-state index contributed by atoms with van der Waals surface area (Å²) in [6.07, 6.45) is 1.85. The molecule has 1 saturated heterocycles. The van der Waals surface area contributed by atoms with Gasteiger partial charge in [-0.15, -0.1) is 12.4 Å². The standard InChI is InChI=1S/C16H16N4OS2.ClH/c21-14(11-4-2-1-3-5-11)20-15-18-9-12-8-17-10-16(12,22-15)13-6-7-19-23-13;/h1-7,12,17H,8-10H2,(H,18,20,21);1H/t12-,16+;/m1./s1. The number of benzene rings is 1. The van der Waals surface area contributed by atoms with Crippen LogP contribution in [0.5, 0.6) is 0 Å². The van der Waals surface area contributed by atoms with Crippen LogP contribution in [-0.2, 0) is 4.75 Å². The molecule has 0 saturated carbocycles. The van der Waals surface area contributed by atoms with Crippen LogP contribution >= 0.6 is 35.7 Å². The highest BCUT2D eigenvalue weighted by Crippen LogP contribution is 2.49. The summed E-state index contributed by atoms with van der Waals surface area (Å²) in [5.41, 5.74) is 0.648. The number of nitrogens with zero attached hydrogens (tertiary/aromatic N) is 2. The molecule has 24 heavy (non-hydrogen) atoms. The van der Waals surface area contributed by atoms with E-state index in [4.69, 9.17) is 0 Å². The molecule has 0 aliphatic carbocycles. The molecule has 0 bridgehead atoms. The summed E-state index contributed by atoms with van der Waals surface area (Å²) in [7, 11) is 0. The first kappa shape index (κ1) is 17.4. The Morgan fingerprint density at radius 2 is 2.12 bits per heavy atom. The van der Waals surface area contributed by atoms with Crippen LogP contribution in [0, 0.1) is 5.92 Å². The highest BCUT2D eigenvalue weighted by Gasteiger charge is 2.49. The zero-order valence-corrected chi connectivity index (χ0v) is 15.2. The maximum absolute atomic E-state index is 12.4. The number of hydrogen-bond donors (Lipinski definition) is 2. The van der Waals surface area contributed by atoms with Crippen molar-refractivity contribution in [3.63, 3.8) is 0 Å². The lowest BCUT2D eigenvalue weighted by Crippen LogP contribution is -2.41. The van der Waals surface area contributed by atoms with Crippen molar-refractivity contribution in [2.45, 2.75) is 4.75 Å². The zero-order valence-electron chi connectivity index (χ0n) is 12.8. The van der Waals surface area contributed by atoms with Gasteiger partial charge in [-0.2, -0.15) is 0 Å². The number of carbonyl (C=O) groups excluding carboxylic acids is 1. The number of aliphatic imine (C=N–C) groups is 1. The van der Waals surface area contributed by atoms with E-state index in [1.54, 1.807) is 11.8 Å². The molecule has 2 aliphatic heterocycles. The van der Waals surface area contributed by atoms with Gasteiger partial charge in [0.15, 0.2) is 5.17 Å². The van der Waals surface area contributed by atoms with Crippen LogP contribution in [0.3, 0.4) is 0 Å². The van der Waals surface area contributed by atoms with Gasteiger partial charge in [0, 0.05) is 42.2 Å². The van der Waals surface area contributed by atoms with Crippen molar-refractivity contribution in [1.82, 2.24) is 15.0 Å². The Morgan fingerprint density at radius 1 is 1.29 bits per heavy atom. The average molecular weight is 381 g/mol. The predicted octanol–water partition coefficient (Wildman–Crippen LogP) is 2.51. The third-order valence-electron chi connectivity index (χ3n) is 4.28. The second-order valence-corrected chi connectivity index (χ2v) is 7.81. The minimum absolute atomic E-state index is 0. The molecule has 3 heterocycles. The molecule has 1 aromatic heterocycles. The Bertz CT molecular complexity index is 738. The van der Waals surface area contributed by atoms with Gasteiger partial charge >= 0.3 is 0 Å². The van der Waals surface area contributed by atoms with Crippen molar-refractivity contribution < 1.29 is 4.79 Å². The molecule has 1 fully saturated rings. The molecule has 126 valence electrons. The molecule has 5 nitrogen and oxygen atoms in total.